The van der Waals surface area contributed by atoms with Crippen LogP contribution < -0.4 is 0 Å². The summed E-state index contributed by atoms with van der Waals surface area (Å²) < 4.78 is 18.3. The monoisotopic (exact) mass is 275 g/mol. The third kappa shape index (κ3) is 14.3. The van der Waals surface area contributed by atoms with E-state index in [9.17, 15) is 0 Å². The molecule has 0 saturated heterocycles. The number of hydrogen-bond acceptors (Lipinski definition) is 6. The summed E-state index contributed by atoms with van der Waals surface area (Å²) in [7, 11) is 5.91. The minimum Gasteiger partial charge on any atom is -0.391 e. The molecule has 0 aliphatic rings. The van der Waals surface area contributed by atoms with Crippen LogP contribution in [0.15, 0.2) is 0 Å². The maximum Gasteiger partial charge on any atom is 0.179 e. The van der Waals surface area contributed by atoms with Crippen molar-refractivity contribution in [2.45, 2.75) is 12.6 Å². The van der Waals surface area contributed by atoms with Gasteiger partial charge in [-0.2, -0.15) is 0 Å². The number of aliphatic hydroxyl groups is 2. The Morgan fingerprint density at radius 2 is 0.933 bits per heavy atom. The van der Waals surface area contributed by atoms with E-state index in [0.717, 1.165) is 0 Å². The average Bonchev–Trinajstić information content (AvgIpc) is 2.24. The molecular weight excluding hydrogens is 256 g/mol. The van der Waals surface area contributed by atoms with Crippen LogP contribution in [0, 0.1) is 0 Å². The average molecular weight is 276 g/mol. The molecule has 15 heavy (non-hydrogen) atoms. The molecule has 0 aromatic heterocycles. The Hall–Kier alpha value is 0.279. The maximum atomic E-state index is 8.28. The molecule has 6 nitrogen and oxygen atoms in total. The second-order valence-corrected chi connectivity index (χ2v) is 2.17. The Morgan fingerprint density at radius 3 is 0.933 bits per heavy atom. The predicted octanol–water partition coefficient (Wildman–Crippen LogP) is -0.807. The van der Waals surface area contributed by atoms with Crippen molar-refractivity contribution in [3.63, 3.8) is 0 Å². The van der Waals surface area contributed by atoms with Gasteiger partial charge in [-0.1, -0.05) is 0 Å². The zero-order valence-corrected chi connectivity index (χ0v) is 10.3. The normalized spacial score (nSPS) is 9.60. The molecule has 0 atom stereocenters. The van der Waals surface area contributed by atoms with E-state index in [4.69, 9.17) is 10.2 Å². The molecule has 0 saturated carbocycles. The first-order valence-corrected chi connectivity index (χ1v) is 4.02. The van der Waals surface area contributed by atoms with Gasteiger partial charge in [0.1, 0.15) is 0 Å². The number of rotatable bonds is 6. The second-order valence-electron chi connectivity index (χ2n) is 2.17. The first kappa shape index (κ1) is 20.7. The summed E-state index contributed by atoms with van der Waals surface area (Å²) in [6, 6.07) is 0. The van der Waals surface area contributed by atoms with Gasteiger partial charge in [0.25, 0.3) is 0 Å². The first-order chi connectivity index (χ1) is 6.69. The van der Waals surface area contributed by atoms with Crippen LogP contribution in [0.1, 0.15) is 0 Å². The summed E-state index contributed by atoms with van der Waals surface area (Å²) in [4.78, 5) is 0. The molecule has 0 aromatic carbocycles. The SMILES string of the molecule is COC(CO)OC.COC(CO)OC.[Cu]. The molecule has 0 aliphatic carbocycles. The fraction of sp³-hybridized carbons (Fsp3) is 1.00. The van der Waals surface area contributed by atoms with Gasteiger partial charge in [0, 0.05) is 45.5 Å². The molecule has 99 valence electrons. The van der Waals surface area contributed by atoms with E-state index in [-0.39, 0.29) is 30.3 Å². The number of hydrogen-bond donors (Lipinski definition) is 2. The van der Waals surface area contributed by atoms with Crippen LogP contribution in [0.3, 0.4) is 0 Å². The van der Waals surface area contributed by atoms with Crippen molar-refractivity contribution >= 4 is 0 Å². The van der Waals surface area contributed by atoms with Crippen molar-refractivity contribution in [1.29, 1.82) is 0 Å². The first-order valence-electron chi connectivity index (χ1n) is 4.02. The zero-order chi connectivity index (χ0) is 11.4. The Balaban J connectivity index is -0.000000180. The van der Waals surface area contributed by atoms with Gasteiger partial charge in [-0.3, -0.25) is 0 Å². The molecule has 0 unspecified atom stereocenters. The second kappa shape index (κ2) is 16.7. The topological polar surface area (TPSA) is 77.4 Å². The summed E-state index contributed by atoms with van der Waals surface area (Å²) in [6.07, 6.45) is -0.917. The van der Waals surface area contributed by atoms with Crippen LogP contribution in [0.2, 0.25) is 0 Å². The van der Waals surface area contributed by atoms with Crippen LogP contribution in [0.25, 0.3) is 0 Å². The van der Waals surface area contributed by atoms with E-state index in [1.54, 1.807) is 0 Å². The van der Waals surface area contributed by atoms with Crippen molar-refractivity contribution in [3.05, 3.63) is 0 Å². The number of aliphatic hydroxyl groups excluding tert-OH is 2. The van der Waals surface area contributed by atoms with Crippen molar-refractivity contribution in [2.24, 2.45) is 0 Å². The van der Waals surface area contributed by atoms with Crippen molar-refractivity contribution in [2.75, 3.05) is 41.7 Å². The molecule has 0 aliphatic heterocycles. The molecule has 0 fully saturated rings. The summed E-state index contributed by atoms with van der Waals surface area (Å²) >= 11 is 0. The van der Waals surface area contributed by atoms with E-state index in [1.807, 2.05) is 0 Å². The summed E-state index contributed by atoms with van der Waals surface area (Å²) in [6.45, 7) is -0.181. The molecule has 0 amide bonds. The Labute approximate surface area is 101 Å². The van der Waals surface area contributed by atoms with E-state index >= 15 is 0 Å². The summed E-state index contributed by atoms with van der Waals surface area (Å²) in [5.41, 5.74) is 0. The van der Waals surface area contributed by atoms with E-state index < -0.39 is 12.6 Å². The van der Waals surface area contributed by atoms with E-state index in [0.29, 0.717) is 0 Å². The predicted molar refractivity (Wildman–Crippen MR) is 49.8 cm³/mol. The van der Waals surface area contributed by atoms with E-state index in [2.05, 4.69) is 18.9 Å². The van der Waals surface area contributed by atoms with Crippen LogP contribution in [-0.4, -0.2) is 64.4 Å². The van der Waals surface area contributed by atoms with Gasteiger partial charge < -0.3 is 29.2 Å². The molecule has 7 heteroatoms. The standard InChI is InChI=1S/2C4H10O3.Cu/c2*1-6-4(3-5)7-2;/h2*4-5H,3H2,1-2H3;. The fourth-order valence-corrected chi connectivity index (χ4v) is 0.491. The third-order valence-corrected chi connectivity index (χ3v) is 1.35. The van der Waals surface area contributed by atoms with Gasteiger partial charge in [-0.25, -0.2) is 0 Å². The third-order valence-electron chi connectivity index (χ3n) is 1.35. The van der Waals surface area contributed by atoms with Gasteiger partial charge in [0.05, 0.1) is 13.2 Å². The van der Waals surface area contributed by atoms with Crippen molar-refractivity contribution in [1.82, 2.24) is 0 Å². The van der Waals surface area contributed by atoms with Crippen LogP contribution in [-0.2, 0) is 36.0 Å². The Morgan fingerprint density at radius 1 is 0.733 bits per heavy atom. The molecule has 0 rings (SSSR count). The largest absolute Gasteiger partial charge is 0.391 e. The van der Waals surface area contributed by atoms with Crippen LogP contribution >= 0.6 is 0 Å². The van der Waals surface area contributed by atoms with Crippen molar-refractivity contribution in [3.8, 4) is 0 Å². The molecule has 0 bridgehead atoms. The van der Waals surface area contributed by atoms with Crippen LogP contribution in [0.5, 0.6) is 0 Å². The van der Waals surface area contributed by atoms with Gasteiger partial charge >= 0.3 is 0 Å². The zero-order valence-electron chi connectivity index (χ0n) is 9.40. The van der Waals surface area contributed by atoms with E-state index in [1.165, 1.54) is 28.4 Å². The van der Waals surface area contributed by atoms with Gasteiger partial charge in [0.2, 0.25) is 0 Å². The van der Waals surface area contributed by atoms with Gasteiger partial charge in [0.15, 0.2) is 12.6 Å². The Bertz CT molecular complexity index is 74.1. The van der Waals surface area contributed by atoms with Gasteiger partial charge in [-0.15, -0.1) is 0 Å². The Kier molecular flexibility index (Phi) is 23.0. The molecule has 0 spiro atoms. The van der Waals surface area contributed by atoms with Gasteiger partial charge in [-0.05, 0) is 0 Å². The van der Waals surface area contributed by atoms with Crippen LogP contribution in [0.4, 0.5) is 0 Å². The minimum absolute atomic E-state index is 0. The number of ether oxygens (including phenoxy) is 4. The minimum atomic E-state index is -0.458. The smallest absolute Gasteiger partial charge is 0.179 e. The number of methoxy groups -OCH3 is 4. The molecule has 1 radical (unpaired) electrons. The summed E-state index contributed by atoms with van der Waals surface area (Å²) in [5.74, 6) is 0. The molecular formula is C8H20CuO6. The summed E-state index contributed by atoms with van der Waals surface area (Å²) in [5, 5.41) is 16.6. The quantitative estimate of drug-likeness (QED) is 0.488. The fourth-order valence-electron chi connectivity index (χ4n) is 0.491. The molecule has 0 heterocycles. The molecule has 2 N–H and O–H groups in total. The molecule has 0 aromatic rings. The van der Waals surface area contributed by atoms with Crippen molar-refractivity contribution < 1.29 is 46.2 Å². The maximum absolute atomic E-state index is 8.28.